The summed E-state index contributed by atoms with van der Waals surface area (Å²) in [6.45, 7) is 4.20. The lowest BCUT2D eigenvalue weighted by Crippen LogP contribution is -2.32. The van der Waals surface area contributed by atoms with Gasteiger partial charge in [-0.1, -0.05) is 0 Å². The third-order valence-electron chi connectivity index (χ3n) is 4.35. The van der Waals surface area contributed by atoms with Crippen molar-refractivity contribution in [3.8, 4) is 17.2 Å². The molecule has 3 heterocycles. The molecule has 1 N–H and O–H groups in total. The Hall–Kier alpha value is -1.72. The number of ether oxygens (including phenoxy) is 2. The second kappa shape index (κ2) is 4.93. The van der Waals surface area contributed by atoms with Crippen molar-refractivity contribution in [2.24, 2.45) is 0 Å². The first-order valence-electron chi connectivity index (χ1n) is 7.14. The zero-order valence-corrected chi connectivity index (χ0v) is 12.7. The lowest BCUT2D eigenvalue weighted by Gasteiger charge is -2.33. The lowest BCUT2D eigenvalue weighted by molar-refractivity contribution is 0.173. The minimum absolute atomic E-state index is 0.233. The average Bonchev–Trinajstić information content (AvgIpc) is 3.10. The molecule has 1 aromatic carbocycles. The Kier molecular flexibility index (Phi) is 3.05. The maximum Gasteiger partial charge on any atom is 0.231 e. The molecule has 0 amide bonds. The summed E-state index contributed by atoms with van der Waals surface area (Å²) in [5.41, 5.74) is 2.32. The predicted molar refractivity (Wildman–Crippen MR) is 81.1 cm³/mol. The fourth-order valence-electron chi connectivity index (χ4n) is 3.10. The molecule has 1 atom stereocenters. The van der Waals surface area contributed by atoms with E-state index in [2.05, 4.69) is 23.3 Å². The number of phenols is 1. The molecule has 0 aliphatic carbocycles. The third-order valence-corrected chi connectivity index (χ3v) is 5.35. The zero-order chi connectivity index (χ0) is 14.4. The number of aromatic hydroxyl groups is 1. The Morgan fingerprint density at radius 2 is 2.14 bits per heavy atom. The van der Waals surface area contributed by atoms with Crippen molar-refractivity contribution in [3.05, 3.63) is 39.6 Å². The van der Waals surface area contributed by atoms with Crippen LogP contribution in [0.1, 0.15) is 29.0 Å². The highest BCUT2D eigenvalue weighted by atomic mass is 32.1. The minimum Gasteiger partial charge on any atom is -0.507 e. The van der Waals surface area contributed by atoms with E-state index in [-0.39, 0.29) is 12.5 Å². The normalized spacial score (nSPS) is 20.5. The van der Waals surface area contributed by atoms with E-state index in [1.165, 1.54) is 10.4 Å². The Morgan fingerprint density at radius 1 is 1.33 bits per heavy atom. The van der Waals surface area contributed by atoms with E-state index in [0.29, 0.717) is 11.8 Å². The summed E-state index contributed by atoms with van der Waals surface area (Å²) >= 11 is 1.84. The molecule has 0 radical (unpaired) electrons. The van der Waals surface area contributed by atoms with Gasteiger partial charge in [-0.25, -0.2) is 0 Å². The van der Waals surface area contributed by atoms with Crippen molar-refractivity contribution in [1.29, 1.82) is 0 Å². The highest BCUT2D eigenvalue weighted by molar-refractivity contribution is 7.10. The fourth-order valence-corrected chi connectivity index (χ4v) is 4.06. The van der Waals surface area contributed by atoms with Gasteiger partial charge in [0, 0.05) is 35.6 Å². The second-order valence-corrected chi connectivity index (χ2v) is 6.53. The first-order valence-corrected chi connectivity index (χ1v) is 8.02. The van der Waals surface area contributed by atoms with Crippen LogP contribution in [0.3, 0.4) is 0 Å². The van der Waals surface area contributed by atoms with Gasteiger partial charge in [0.15, 0.2) is 11.5 Å². The topological polar surface area (TPSA) is 41.9 Å². The van der Waals surface area contributed by atoms with Gasteiger partial charge in [-0.15, -0.1) is 11.3 Å². The first kappa shape index (κ1) is 13.0. The molecule has 0 bridgehead atoms. The van der Waals surface area contributed by atoms with Gasteiger partial charge >= 0.3 is 0 Å². The summed E-state index contributed by atoms with van der Waals surface area (Å²) in [4.78, 5) is 3.89. The van der Waals surface area contributed by atoms with Crippen molar-refractivity contribution >= 4 is 11.3 Å². The molecule has 0 unspecified atom stereocenters. The van der Waals surface area contributed by atoms with Crippen LogP contribution < -0.4 is 9.47 Å². The number of benzene rings is 1. The molecule has 5 heteroatoms. The van der Waals surface area contributed by atoms with Gasteiger partial charge in [0.25, 0.3) is 0 Å². The van der Waals surface area contributed by atoms with Gasteiger partial charge in [0.2, 0.25) is 6.79 Å². The minimum atomic E-state index is 0.233. The Morgan fingerprint density at radius 3 is 3.00 bits per heavy atom. The number of phenolic OH excluding ortho intramolecular Hbond substituents is 1. The van der Waals surface area contributed by atoms with Crippen molar-refractivity contribution in [3.63, 3.8) is 0 Å². The molecule has 21 heavy (non-hydrogen) atoms. The summed E-state index contributed by atoms with van der Waals surface area (Å²) in [5, 5.41) is 12.4. The summed E-state index contributed by atoms with van der Waals surface area (Å²) in [6.07, 6.45) is 1.09. The van der Waals surface area contributed by atoms with Crippen LogP contribution in [0.5, 0.6) is 17.2 Å². The van der Waals surface area contributed by atoms with Crippen LogP contribution >= 0.6 is 11.3 Å². The first-order chi connectivity index (χ1) is 10.2. The third kappa shape index (κ3) is 2.17. The van der Waals surface area contributed by atoms with E-state index in [9.17, 15) is 5.11 Å². The van der Waals surface area contributed by atoms with Gasteiger partial charge in [-0.2, -0.15) is 0 Å². The summed E-state index contributed by atoms with van der Waals surface area (Å²) in [6, 6.07) is 6.15. The predicted octanol–water partition coefficient (Wildman–Crippen LogP) is 3.30. The monoisotopic (exact) mass is 303 g/mol. The van der Waals surface area contributed by atoms with Gasteiger partial charge < -0.3 is 14.6 Å². The van der Waals surface area contributed by atoms with Crippen LogP contribution in [0.25, 0.3) is 0 Å². The number of fused-ring (bicyclic) bond motifs is 2. The number of hydrogen-bond acceptors (Lipinski definition) is 5. The van der Waals surface area contributed by atoms with Crippen molar-refractivity contribution in [2.45, 2.75) is 25.9 Å². The van der Waals surface area contributed by atoms with Crippen molar-refractivity contribution in [2.75, 3.05) is 13.3 Å². The number of thiophene rings is 1. The molecular weight excluding hydrogens is 286 g/mol. The molecule has 0 saturated heterocycles. The van der Waals surface area contributed by atoms with Gasteiger partial charge in [-0.3, -0.25) is 4.90 Å². The van der Waals surface area contributed by atoms with Crippen LogP contribution in [0.4, 0.5) is 0 Å². The van der Waals surface area contributed by atoms with Gasteiger partial charge in [0.05, 0.1) is 0 Å². The van der Waals surface area contributed by atoms with E-state index in [1.807, 2.05) is 17.4 Å². The molecule has 0 saturated carbocycles. The molecule has 1 aromatic heterocycles. The number of nitrogens with zero attached hydrogens (tertiary/aromatic N) is 1. The summed E-state index contributed by atoms with van der Waals surface area (Å²) in [5.74, 6) is 1.63. The molecule has 0 spiro atoms. The highest BCUT2D eigenvalue weighted by Crippen LogP contribution is 2.40. The van der Waals surface area contributed by atoms with Crippen LogP contribution in [0, 0.1) is 0 Å². The van der Waals surface area contributed by atoms with E-state index < -0.39 is 0 Å². The average molecular weight is 303 g/mol. The van der Waals surface area contributed by atoms with Crippen LogP contribution in [0.15, 0.2) is 23.6 Å². The van der Waals surface area contributed by atoms with Crippen molar-refractivity contribution in [1.82, 2.24) is 4.90 Å². The molecule has 4 nitrogen and oxygen atoms in total. The van der Waals surface area contributed by atoms with Crippen LogP contribution in [0.2, 0.25) is 0 Å². The largest absolute Gasteiger partial charge is 0.507 e. The van der Waals surface area contributed by atoms with Gasteiger partial charge in [-0.05, 0) is 36.4 Å². The maximum atomic E-state index is 10.2. The smallest absolute Gasteiger partial charge is 0.231 e. The Bertz CT molecular complexity index is 682. The molecule has 0 fully saturated rings. The van der Waals surface area contributed by atoms with Gasteiger partial charge in [0.1, 0.15) is 5.75 Å². The maximum absolute atomic E-state index is 10.2. The molecular formula is C16H17NO3S. The molecule has 4 rings (SSSR count). The highest BCUT2D eigenvalue weighted by Gasteiger charge is 2.26. The van der Waals surface area contributed by atoms with E-state index in [1.54, 1.807) is 6.07 Å². The second-order valence-electron chi connectivity index (χ2n) is 5.53. The van der Waals surface area contributed by atoms with Crippen LogP contribution in [-0.4, -0.2) is 23.3 Å². The lowest BCUT2D eigenvalue weighted by atomic mass is 10.0. The number of rotatable bonds is 2. The van der Waals surface area contributed by atoms with Crippen LogP contribution in [-0.2, 0) is 13.0 Å². The zero-order valence-electron chi connectivity index (χ0n) is 11.8. The summed E-state index contributed by atoms with van der Waals surface area (Å²) in [7, 11) is 0. The number of hydrogen-bond donors (Lipinski definition) is 1. The van der Waals surface area contributed by atoms with Crippen molar-refractivity contribution < 1.29 is 14.6 Å². The van der Waals surface area contributed by atoms with E-state index in [0.717, 1.165) is 30.8 Å². The molecule has 2 aliphatic heterocycles. The fraction of sp³-hybridized carbons (Fsp3) is 0.375. The Balaban J connectivity index is 1.60. The summed E-state index contributed by atoms with van der Waals surface area (Å²) < 4.78 is 10.7. The quantitative estimate of drug-likeness (QED) is 0.924. The molecule has 2 aliphatic rings. The van der Waals surface area contributed by atoms with E-state index >= 15 is 0 Å². The van der Waals surface area contributed by atoms with E-state index in [4.69, 9.17) is 9.47 Å². The standard InChI is InChI=1S/C16H17NO3S/c1-10-12-3-5-21-16(12)2-4-17(10)8-11-6-14-15(7-13(11)18)20-9-19-14/h3,5-7,10,18H,2,4,8-9H2,1H3/t10-/m1/s1. The molecule has 2 aromatic rings. The molecule has 110 valence electrons. The Labute approximate surface area is 127 Å². The SMILES string of the molecule is C[C@@H]1c2ccsc2CCN1Cc1cc2c(cc1O)OCO2.